The molecule has 0 spiro atoms. The Kier molecular flexibility index (Phi) is 4.62. The first-order chi connectivity index (χ1) is 10.6. The predicted octanol–water partition coefficient (Wildman–Crippen LogP) is 2.44. The average Bonchev–Trinajstić information content (AvgIpc) is 2.77. The van der Waals surface area contributed by atoms with E-state index in [1.165, 1.54) is 11.8 Å². The monoisotopic (exact) mass is 300 g/mol. The van der Waals surface area contributed by atoms with Gasteiger partial charge in [-0.2, -0.15) is 0 Å². The Morgan fingerprint density at radius 3 is 2.41 bits per heavy atom. The standard InChI is InChI=1S/C17H20N2O3/c1-5-8-12-9-10-13(14(11-12)22-4)15-16(20)18(6-2)19(7-3)17(15)21/h9-11,20H,6-7H2,1-4H3. The minimum Gasteiger partial charge on any atom is -0.496 e. The summed E-state index contributed by atoms with van der Waals surface area (Å²) in [6, 6.07) is 5.34. The summed E-state index contributed by atoms with van der Waals surface area (Å²) in [7, 11) is 1.54. The maximum absolute atomic E-state index is 12.6. The van der Waals surface area contributed by atoms with E-state index in [-0.39, 0.29) is 17.0 Å². The van der Waals surface area contributed by atoms with Gasteiger partial charge in [-0.15, -0.1) is 5.92 Å². The van der Waals surface area contributed by atoms with Crippen molar-refractivity contribution in [3.8, 4) is 34.6 Å². The average molecular weight is 300 g/mol. The van der Waals surface area contributed by atoms with Gasteiger partial charge in [-0.05, 0) is 39.0 Å². The number of benzene rings is 1. The third-order valence-corrected chi connectivity index (χ3v) is 3.55. The number of aromatic hydroxyl groups is 1. The molecule has 5 nitrogen and oxygen atoms in total. The number of nitrogens with zero attached hydrogens (tertiary/aromatic N) is 2. The number of hydrogen-bond donors (Lipinski definition) is 1. The van der Waals surface area contributed by atoms with Gasteiger partial charge in [0.1, 0.15) is 11.3 Å². The molecule has 1 aromatic carbocycles. The van der Waals surface area contributed by atoms with Crippen molar-refractivity contribution in [1.29, 1.82) is 0 Å². The van der Waals surface area contributed by atoms with Crippen LogP contribution in [-0.2, 0) is 13.1 Å². The van der Waals surface area contributed by atoms with E-state index in [1.54, 1.807) is 23.7 Å². The lowest BCUT2D eigenvalue weighted by atomic mass is 10.0. The summed E-state index contributed by atoms with van der Waals surface area (Å²) < 4.78 is 8.46. The fourth-order valence-corrected chi connectivity index (χ4v) is 2.57. The van der Waals surface area contributed by atoms with Crippen molar-refractivity contribution in [2.45, 2.75) is 33.9 Å². The van der Waals surface area contributed by atoms with E-state index in [9.17, 15) is 9.90 Å². The highest BCUT2D eigenvalue weighted by atomic mass is 16.5. The number of rotatable bonds is 4. The summed E-state index contributed by atoms with van der Waals surface area (Å²) in [5.41, 5.74) is 1.40. The minimum atomic E-state index is -0.227. The number of hydrogen-bond acceptors (Lipinski definition) is 3. The molecule has 1 aromatic heterocycles. The van der Waals surface area contributed by atoms with Crippen LogP contribution in [0.5, 0.6) is 11.6 Å². The Morgan fingerprint density at radius 1 is 1.23 bits per heavy atom. The van der Waals surface area contributed by atoms with Crippen molar-refractivity contribution < 1.29 is 9.84 Å². The lowest BCUT2D eigenvalue weighted by Gasteiger charge is -2.08. The SMILES string of the molecule is CC#Cc1ccc(-c2c(O)n(CC)n(CC)c2=O)c(OC)c1. The molecule has 0 atom stereocenters. The molecule has 22 heavy (non-hydrogen) atoms. The van der Waals surface area contributed by atoms with Gasteiger partial charge in [0.05, 0.1) is 7.11 Å². The molecule has 1 N–H and O–H groups in total. The van der Waals surface area contributed by atoms with Gasteiger partial charge in [-0.25, -0.2) is 4.68 Å². The first kappa shape index (κ1) is 15.8. The van der Waals surface area contributed by atoms with Crippen molar-refractivity contribution in [2.75, 3.05) is 7.11 Å². The molecule has 0 aliphatic rings. The van der Waals surface area contributed by atoms with Crippen LogP contribution < -0.4 is 10.3 Å². The molecular formula is C17H20N2O3. The Bertz CT molecular complexity index is 804. The fourth-order valence-electron chi connectivity index (χ4n) is 2.57. The van der Waals surface area contributed by atoms with Crippen molar-refractivity contribution in [2.24, 2.45) is 0 Å². The zero-order chi connectivity index (χ0) is 16.3. The van der Waals surface area contributed by atoms with Crippen LogP contribution in [0.4, 0.5) is 0 Å². The van der Waals surface area contributed by atoms with Gasteiger partial charge in [-0.1, -0.05) is 5.92 Å². The van der Waals surface area contributed by atoms with Crippen LogP contribution in [-0.4, -0.2) is 21.6 Å². The van der Waals surface area contributed by atoms with Gasteiger partial charge in [0.25, 0.3) is 5.56 Å². The fraction of sp³-hybridized carbons (Fsp3) is 0.353. The first-order valence-electron chi connectivity index (χ1n) is 7.22. The lowest BCUT2D eigenvalue weighted by molar-refractivity contribution is 0.366. The molecule has 0 aliphatic heterocycles. The molecule has 116 valence electrons. The van der Waals surface area contributed by atoms with E-state index in [0.29, 0.717) is 24.4 Å². The third kappa shape index (κ3) is 2.48. The van der Waals surface area contributed by atoms with Gasteiger partial charge in [0.2, 0.25) is 5.88 Å². The molecule has 0 radical (unpaired) electrons. The number of ether oxygens (including phenoxy) is 1. The number of methoxy groups -OCH3 is 1. The van der Waals surface area contributed by atoms with Crippen LogP contribution in [0.25, 0.3) is 11.1 Å². The molecule has 5 heteroatoms. The van der Waals surface area contributed by atoms with Crippen LogP contribution in [0.15, 0.2) is 23.0 Å². The van der Waals surface area contributed by atoms with Crippen LogP contribution in [0.2, 0.25) is 0 Å². The van der Waals surface area contributed by atoms with Crippen molar-refractivity contribution in [1.82, 2.24) is 9.36 Å². The summed E-state index contributed by atoms with van der Waals surface area (Å²) >= 11 is 0. The molecule has 1 heterocycles. The van der Waals surface area contributed by atoms with E-state index in [4.69, 9.17) is 4.74 Å². The second-order valence-electron chi connectivity index (χ2n) is 4.73. The van der Waals surface area contributed by atoms with Crippen LogP contribution in [0.3, 0.4) is 0 Å². The van der Waals surface area contributed by atoms with Crippen molar-refractivity contribution in [3.63, 3.8) is 0 Å². The topological polar surface area (TPSA) is 56.4 Å². The maximum Gasteiger partial charge on any atom is 0.278 e. The molecule has 2 rings (SSSR count). The summed E-state index contributed by atoms with van der Waals surface area (Å²) in [6.07, 6.45) is 0. The van der Waals surface area contributed by atoms with Gasteiger partial charge in [-0.3, -0.25) is 9.48 Å². The molecule has 0 saturated carbocycles. The first-order valence-corrected chi connectivity index (χ1v) is 7.22. The van der Waals surface area contributed by atoms with E-state index < -0.39 is 0 Å². The summed E-state index contributed by atoms with van der Waals surface area (Å²) in [4.78, 5) is 12.6. The molecule has 0 aliphatic carbocycles. The quantitative estimate of drug-likeness (QED) is 0.882. The van der Waals surface area contributed by atoms with Gasteiger partial charge in [0, 0.05) is 24.2 Å². The van der Waals surface area contributed by atoms with Gasteiger partial charge >= 0.3 is 0 Å². The lowest BCUT2D eigenvalue weighted by Crippen LogP contribution is -2.22. The van der Waals surface area contributed by atoms with Crippen LogP contribution in [0.1, 0.15) is 26.3 Å². The van der Waals surface area contributed by atoms with Gasteiger partial charge in [0.15, 0.2) is 0 Å². The minimum absolute atomic E-state index is 0.0398. The normalized spacial score (nSPS) is 10.2. The van der Waals surface area contributed by atoms with Crippen molar-refractivity contribution >= 4 is 0 Å². The Labute approximate surface area is 129 Å². The van der Waals surface area contributed by atoms with E-state index in [2.05, 4.69) is 11.8 Å². The zero-order valence-corrected chi connectivity index (χ0v) is 13.3. The largest absolute Gasteiger partial charge is 0.496 e. The smallest absolute Gasteiger partial charge is 0.278 e. The van der Waals surface area contributed by atoms with E-state index >= 15 is 0 Å². The Hall–Kier alpha value is -2.61. The van der Waals surface area contributed by atoms with Gasteiger partial charge < -0.3 is 9.84 Å². The molecule has 0 saturated heterocycles. The highest BCUT2D eigenvalue weighted by molar-refractivity contribution is 5.75. The molecule has 0 bridgehead atoms. The van der Waals surface area contributed by atoms with Crippen molar-refractivity contribution in [3.05, 3.63) is 34.1 Å². The second kappa shape index (κ2) is 6.44. The molecule has 2 aromatic rings. The number of aromatic nitrogens is 2. The highest BCUT2D eigenvalue weighted by Crippen LogP contribution is 2.34. The second-order valence-corrected chi connectivity index (χ2v) is 4.73. The molecule has 0 fully saturated rings. The Balaban J connectivity index is 2.74. The highest BCUT2D eigenvalue weighted by Gasteiger charge is 2.22. The molecule has 0 amide bonds. The molecular weight excluding hydrogens is 280 g/mol. The summed E-state index contributed by atoms with van der Waals surface area (Å²) in [5.74, 6) is 6.25. The molecule has 0 unspecified atom stereocenters. The van der Waals surface area contributed by atoms with Crippen LogP contribution >= 0.6 is 0 Å². The van der Waals surface area contributed by atoms with E-state index in [1.807, 2.05) is 19.9 Å². The predicted molar refractivity (Wildman–Crippen MR) is 86.2 cm³/mol. The summed E-state index contributed by atoms with van der Waals surface area (Å²) in [5, 5.41) is 10.4. The zero-order valence-electron chi connectivity index (χ0n) is 13.3. The van der Waals surface area contributed by atoms with E-state index in [0.717, 1.165) is 5.56 Å². The third-order valence-electron chi connectivity index (χ3n) is 3.55. The summed E-state index contributed by atoms with van der Waals surface area (Å²) in [6.45, 7) is 6.51. The Morgan fingerprint density at radius 2 is 1.91 bits per heavy atom. The van der Waals surface area contributed by atoms with Crippen LogP contribution in [0, 0.1) is 11.8 Å². The maximum atomic E-state index is 12.6.